The Morgan fingerprint density at radius 1 is 1.09 bits per heavy atom. The van der Waals surface area contributed by atoms with E-state index >= 15 is 0 Å². The third kappa shape index (κ3) is 3.44. The highest BCUT2D eigenvalue weighted by molar-refractivity contribution is 6.04. The number of likely N-dealkylation sites (tertiary alicyclic amines) is 1. The van der Waals surface area contributed by atoms with Crippen LogP contribution in [0.5, 0.6) is 0 Å². The first-order valence-corrected chi connectivity index (χ1v) is 12.3. The highest BCUT2D eigenvalue weighted by Gasteiger charge is 2.26. The average Bonchev–Trinajstić information content (AvgIpc) is 3.57. The molecule has 0 unspecified atom stereocenters. The van der Waals surface area contributed by atoms with Gasteiger partial charge in [-0.25, -0.2) is 4.98 Å². The van der Waals surface area contributed by atoms with Crippen molar-refractivity contribution >= 4 is 22.5 Å². The van der Waals surface area contributed by atoms with Gasteiger partial charge in [-0.3, -0.25) is 4.79 Å². The molecule has 1 amide bonds. The minimum atomic E-state index is 0.0234. The lowest BCUT2D eigenvalue weighted by molar-refractivity contribution is 0.0791. The Morgan fingerprint density at radius 3 is 2.60 bits per heavy atom. The summed E-state index contributed by atoms with van der Waals surface area (Å²) in [6, 6.07) is 22.9. The van der Waals surface area contributed by atoms with Crippen molar-refractivity contribution in [3.63, 3.8) is 0 Å². The summed E-state index contributed by atoms with van der Waals surface area (Å²) in [5.41, 5.74) is 14.1. The molecule has 1 aliphatic rings. The standard InChI is InChI=1S/C29H29N5O/c1-3-33-24-12-8-7-11-23(24)26(20-9-5-4-6-10-20)28(33)27-19(2)34-16-13-21(17-25(34)31-27)29(35)32-15-14-22(30)18-32/h4-13,16-17,22H,3,14-15,18,30H2,1-2H3/t22-/m1/s1. The van der Waals surface area contributed by atoms with Gasteiger partial charge in [-0.2, -0.15) is 0 Å². The van der Waals surface area contributed by atoms with Gasteiger partial charge in [-0.05, 0) is 44.0 Å². The molecule has 2 aromatic carbocycles. The molecule has 4 heterocycles. The zero-order chi connectivity index (χ0) is 24.1. The van der Waals surface area contributed by atoms with Crippen molar-refractivity contribution in [2.75, 3.05) is 13.1 Å². The zero-order valence-corrected chi connectivity index (χ0v) is 20.1. The summed E-state index contributed by atoms with van der Waals surface area (Å²) >= 11 is 0. The molecule has 0 aliphatic carbocycles. The summed E-state index contributed by atoms with van der Waals surface area (Å²) in [5.74, 6) is 0.0234. The molecule has 6 heteroatoms. The van der Waals surface area contributed by atoms with E-state index in [1.54, 1.807) is 0 Å². The summed E-state index contributed by atoms with van der Waals surface area (Å²) in [6.07, 6.45) is 2.82. The number of aryl methyl sites for hydroxylation is 2. The number of hydrogen-bond donors (Lipinski definition) is 1. The van der Waals surface area contributed by atoms with E-state index < -0.39 is 0 Å². The first-order chi connectivity index (χ1) is 17.1. The average molecular weight is 464 g/mol. The summed E-state index contributed by atoms with van der Waals surface area (Å²) in [6.45, 7) is 6.42. The summed E-state index contributed by atoms with van der Waals surface area (Å²) < 4.78 is 4.43. The Bertz CT molecular complexity index is 1560. The SMILES string of the molecule is CCn1c(-c2nc3cc(C(=O)N4CC[C@@H](N)C4)ccn3c2C)c(-c2ccccc2)c2ccccc21. The molecule has 6 nitrogen and oxygen atoms in total. The molecule has 2 N–H and O–H groups in total. The highest BCUT2D eigenvalue weighted by atomic mass is 16.2. The largest absolute Gasteiger partial charge is 0.339 e. The normalized spacial score (nSPS) is 16.0. The summed E-state index contributed by atoms with van der Waals surface area (Å²) in [5, 5.41) is 1.22. The van der Waals surface area contributed by atoms with E-state index in [9.17, 15) is 4.79 Å². The number of nitrogens with zero attached hydrogens (tertiary/aromatic N) is 4. The first kappa shape index (κ1) is 21.6. The first-order valence-electron chi connectivity index (χ1n) is 12.3. The van der Waals surface area contributed by atoms with Gasteiger partial charge in [0.15, 0.2) is 0 Å². The number of carbonyl (C=O) groups excluding carboxylic acids is 1. The van der Waals surface area contributed by atoms with Crippen molar-refractivity contribution in [3.05, 3.63) is 84.2 Å². The molecule has 1 aliphatic heterocycles. The Labute approximate surface area is 204 Å². The molecule has 1 atom stereocenters. The monoisotopic (exact) mass is 463 g/mol. The summed E-state index contributed by atoms with van der Waals surface area (Å²) in [4.78, 5) is 20.0. The van der Waals surface area contributed by atoms with Crippen LogP contribution in [0.25, 0.3) is 39.1 Å². The molecule has 3 aromatic heterocycles. The molecule has 0 spiro atoms. The van der Waals surface area contributed by atoms with Gasteiger partial charge >= 0.3 is 0 Å². The number of fused-ring (bicyclic) bond motifs is 2. The fourth-order valence-electron chi connectivity index (χ4n) is 5.45. The van der Waals surface area contributed by atoms with Crippen molar-refractivity contribution in [1.82, 2.24) is 18.9 Å². The van der Waals surface area contributed by atoms with Crippen LogP contribution >= 0.6 is 0 Å². The van der Waals surface area contributed by atoms with Gasteiger partial charge in [-0.1, -0.05) is 48.5 Å². The van der Waals surface area contributed by atoms with E-state index in [2.05, 4.69) is 71.3 Å². The zero-order valence-electron chi connectivity index (χ0n) is 20.1. The topological polar surface area (TPSA) is 68.6 Å². The van der Waals surface area contributed by atoms with Gasteiger partial charge < -0.3 is 19.6 Å². The maximum Gasteiger partial charge on any atom is 0.254 e. The molecular weight excluding hydrogens is 434 g/mol. The maximum atomic E-state index is 13.1. The van der Waals surface area contributed by atoms with E-state index in [0.717, 1.165) is 35.7 Å². The van der Waals surface area contributed by atoms with Gasteiger partial charge in [-0.15, -0.1) is 0 Å². The van der Waals surface area contributed by atoms with E-state index in [1.807, 2.05) is 29.3 Å². The smallest absolute Gasteiger partial charge is 0.254 e. The van der Waals surface area contributed by atoms with Crippen molar-refractivity contribution in [2.24, 2.45) is 5.73 Å². The molecule has 35 heavy (non-hydrogen) atoms. The second-order valence-electron chi connectivity index (χ2n) is 9.34. The number of imidazole rings is 1. The Hall–Kier alpha value is -3.90. The quantitative estimate of drug-likeness (QED) is 0.402. The lowest BCUT2D eigenvalue weighted by atomic mass is 10.00. The van der Waals surface area contributed by atoms with Crippen molar-refractivity contribution in [3.8, 4) is 22.5 Å². The number of amides is 1. The lowest BCUT2D eigenvalue weighted by Gasteiger charge is -2.15. The highest BCUT2D eigenvalue weighted by Crippen LogP contribution is 2.41. The molecule has 0 saturated carbocycles. The number of hydrogen-bond acceptors (Lipinski definition) is 3. The van der Waals surface area contributed by atoms with Gasteiger partial charge in [0.1, 0.15) is 11.3 Å². The fourth-order valence-corrected chi connectivity index (χ4v) is 5.45. The van der Waals surface area contributed by atoms with Crippen molar-refractivity contribution < 1.29 is 4.79 Å². The Kier molecular flexibility index (Phi) is 5.19. The van der Waals surface area contributed by atoms with Crippen LogP contribution < -0.4 is 5.73 Å². The molecule has 1 fully saturated rings. The summed E-state index contributed by atoms with van der Waals surface area (Å²) in [7, 11) is 0. The Morgan fingerprint density at radius 2 is 1.86 bits per heavy atom. The van der Waals surface area contributed by atoms with Crippen LogP contribution in [0.1, 0.15) is 29.4 Å². The van der Waals surface area contributed by atoms with Gasteiger partial charge in [0.25, 0.3) is 5.91 Å². The van der Waals surface area contributed by atoms with E-state index in [4.69, 9.17) is 10.7 Å². The van der Waals surface area contributed by atoms with E-state index in [-0.39, 0.29) is 11.9 Å². The second-order valence-corrected chi connectivity index (χ2v) is 9.34. The molecule has 0 bridgehead atoms. The predicted molar refractivity (Wildman–Crippen MR) is 140 cm³/mol. The molecule has 1 saturated heterocycles. The molecular formula is C29H29N5O. The van der Waals surface area contributed by atoms with Crippen LogP contribution in [0.15, 0.2) is 72.9 Å². The van der Waals surface area contributed by atoms with Crippen molar-refractivity contribution in [2.45, 2.75) is 32.9 Å². The van der Waals surface area contributed by atoms with E-state index in [0.29, 0.717) is 18.7 Å². The van der Waals surface area contributed by atoms with Gasteiger partial charge in [0, 0.05) is 59.6 Å². The lowest BCUT2D eigenvalue weighted by Crippen LogP contribution is -2.31. The maximum absolute atomic E-state index is 13.1. The molecule has 5 aromatic rings. The Balaban J connectivity index is 1.55. The number of nitrogens with two attached hydrogens (primary N) is 1. The fraction of sp³-hybridized carbons (Fsp3) is 0.241. The van der Waals surface area contributed by atoms with Crippen LogP contribution in [-0.4, -0.2) is 43.9 Å². The van der Waals surface area contributed by atoms with Gasteiger partial charge in [0.05, 0.1) is 5.69 Å². The second kappa shape index (κ2) is 8.40. The minimum Gasteiger partial charge on any atom is -0.339 e. The predicted octanol–water partition coefficient (Wildman–Crippen LogP) is 5.12. The number of benzene rings is 2. The van der Waals surface area contributed by atoms with Gasteiger partial charge in [0.2, 0.25) is 0 Å². The van der Waals surface area contributed by atoms with E-state index in [1.165, 1.54) is 22.0 Å². The number of carbonyl (C=O) groups is 1. The number of aromatic nitrogens is 3. The molecule has 176 valence electrons. The van der Waals surface area contributed by atoms with Crippen LogP contribution in [0.4, 0.5) is 0 Å². The molecule has 0 radical (unpaired) electrons. The number of rotatable bonds is 4. The third-order valence-corrected chi connectivity index (χ3v) is 7.20. The van der Waals surface area contributed by atoms with Crippen LogP contribution in [0, 0.1) is 6.92 Å². The minimum absolute atomic E-state index is 0.0234. The van der Waals surface area contributed by atoms with Crippen LogP contribution in [0.2, 0.25) is 0 Å². The number of para-hydroxylation sites is 1. The third-order valence-electron chi connectivity index (χ3n) is 7.20. The van der Waals surface area contributed by atoms with Crippen LogP contribution in [-0.2, 0) is 6.54 Å². The van der Waals surface area contributed by atoms with Crippen LogP contribution in [0.3, 0.4) is 0 Å². The molecule has 6 rings (SSSR count). The van der Waals surface area contributed by atoms with Crippen molar-refractivity contribution in [1.29, 1.82) is 0 Å². The number of pyridine rings is 1.